The SMILES string of the molecule is CCC1NC(=O)C(C)N(Cc2ccccc2C)C1=O. The van der Waals surface area contributed by atoms with Crippen LogP contribution in [0.3, 0.4) is 0 Å². The molecule has 2 unspecified atom stereocenters. The van der Waals surface area contributed by atoms with Gasteiger partial charge in [0.15, 0.2) is 0 Å². The summed E-state index contributed by atoms with van der Waals surface area (Å²) in [5, 5.41) is 2.77. The Morgan fingerprint density at radius 2 is 1.95 bits per heavy atom. The van der Waals surface area contributed by atoms with Gasteiger partial charge in [0, 0.05) is 6.54 Å². The maximum absolute atomic E-state index is 12.3. The van der Waals surface area contributed by atoms with E-state index < -0.39 is 6.04 Å². The summed E-state index contributed by atoms with van der Waals surface area (Å²) in [6, 6.07) is 7.16. The Balaban J connectivity index is 2.24. The monoisotopic (exact) mass is 260 g/mol. The van der Waals surface area contributed by atoms with Crippen LogP contribution in [0.2, 0.25) is 0 Å². The normalized spacial score (nSPS) is 23.4. The van der Waals surface area contributed by atoms with E-state index in [2.05, 4.69) is 5.32 Å². The molecule has 0 spiro atoms. The fourth-order valence-corrected chi connectivity index (χ4v) is 2.35. The number of carbonyl (C=O) groups is 2. The zero-order chi connectivity index (χ0) is 14.0. The summed E-state index contributed by atoms with van der Waals surface area (Å²) in [6.45, 7) is 6.20. The van der Waals surface area contributed by atoms with Gasteiger partial charge in [0.2, 0.25) is 11.8 Å². The van der Waals surface area contributed by atoms with E-state index in [1.165, 1.54) is 0 Å². The molecule has 19 heavy (non-hydrogen) atoms. The number of hydrogen-bond donors (Lipinski definition) is 1. The summed E-state index contributed by atoms with van der Waals surface area (Å²) in [7, 11) is 0. The summed E-state index contributed by atoms with van der Waals surface area (Å²) >= 11 is 0. The highest BCUT2D eigenvalue weighted by Gasteiger charge is 2.36. The highest BCUT2D eigenvalue weighted by molar-refractivity contribution is 5.96. The molecule has 4 nitrogen and oxygen atoms in total. The van der Waals surface area contributed by atoms with Crippen molar-refractivity contribution in [2.45, 2.75) is 45.8 Å². The molecule has 1 aliphatic rings. The highest BCUT2D eigenvalue weighted by atomic mass is 16.2. The molecular weight excluding hydrogens is 240 g/mol. The van der Waals surface area contributed by atoms with Gasteiger partial charge < -0.3 is 10.2 Å². The molecule has 1 aromatic carbocycles. The Morgan fingerprint density at radius 3 is 2.58 bits per heavy atom. The second-order valence-electron chi connectivity index (χ2n) is 5.04. The summed E-state index contributed by atoms with van der Waals surface area (Å²) in [4.78, 5) is 25.9. The van der Waals surface area contributed by atoms with Crippen molar-refractivity contribution < 1.29 is 9.59 Å². The third kappa shape index (κ3) is 2.62. The minimum atomic E-state index is -0.407. The van der Waals surface area contributed by atoms with E-state index >= 15 is 0 Å². The average molecular weight is 260 g/mol. The van der Waals surface area contributed by atoms with Crippen LogP contribution in [-0.2, 0) is 16.1 Å². The van der Waals surface area contributed by atoms with Crippen LogP contribution in [0.5, 0.6) is 0 Å². The van der Waals surface area contributed by atoms with E-state index in [0.717, 1.165) is 11.1 Å². The molecule has 0 saturated carbocycles. The lowest BCUT2D eigenvalue weighted by Crippen LogP contribution is -2.61. The van der Waals surface area contributed by atoms with Crippen molar-refractivity contribution >= 4 is 11.8 Å². The molecule has 1 fully saturated rings. The molecule has 1 heterocycles. The summed E-state index contributed by atoms with van der Waals surface area (Å²) < 4.78 is 0. The minimum Gasteiger partial charge on any atom is -0.343 e. The van der Waals surface area contributed by atoms with Gasteiger partial charge in [-0.2, -0.15) is 0 Å². The number of piperazine rings is 1. The van der Waals surface area contributed by atoms with Gasteiger partial charge in [-0.25, -0.2) is 0 Å². The number of carbonyl (C=O) groups excluding carboxylic acids is 2. The van der Waals surface area contributed by atoms with E-state index in [4.69, 9.17) is 0 Å². The first-order valence-electron chi connectivity index (χ1n) is 6.70. The van der Waals surface area contributed by atoms with Crippen LogP contribution in [0, 0.1) is 6.92 Å². The Morgan fingerprint density at radius 1 is 1.26 bits per heavy atom. The Bertz CT molecular complexity index is 499. The molecule has 0 aliphatic carbocycles. The van der Waals surface area contributed by atoms with Crippen molar-refractivity contribution in [2.75, 3.05) is 0 Å². The third-order valence-corrected chi connectivity index (χ3v) is 3.75. The standard InChI is InChI=1S/C15H20N2O2/c1-4-13-15(19)17(11(3)14(18)16-13)9-12-8-6-5-7-10(12)2/h5-8,11,13H,4,9H2,1-3H3,(H,16,18). The number of hydrogen-bond acceptors (Lipinski definition) is 2. The lowest BCUT2D eigenvalue weighted by atomic mass is 10.0. The van der Waals surface area contributed by atoms with Crippen molar-refractivity contribution in [3.8, 4) is 0 Å². The summed E-state index contributed by atoms with van der Waals surface area (Å²) in [6.07, 6.45) is 0.627. The van der Waals surface area contributed by atoms with E-state index in [0.29, 0.717) is 13.0 Å². The van der Waals surface area contributed by atoms with E-state index in [1.807, 2.05) is 38.1 Å². The quantitative estimate of drug-likeness (QED) is 0.898. The first kappa shape index (κ1) is 13.6. The predicted molar refractivity (Wildman–Crippen MR) is 73.4 cm³/mol. The Labute approximate surface area is 113 Å². The van der Waals surface area contributed by atoms with Crippen molar-refractivity contribution in [2.24, 2.45) is 0 Å². The molecule has 0 aromatic heterocycles. The van der Waals surface area contributed by atoms with Crippen LogP contribution in [0.25, 0.3) is 0 Å². The molecule has 1 aromatic rings. The fraction of sp³-hybridized carbons (Fsp3) is 0.467. The molecular formula is C15H20N2O2. The number of rotatable bonds is 3. The van der Waals surface area contributed by atoms with Crippen molar-refractivity contribution in [1.29, 1.82) is 0 Å². The van der Waals surface area contributed by atoms with Gasteiger partial charge in [0.25, 0.3) is 0 Å². The van der Waals surface area contributed by atoms with Crippen LogP contribution in [0.1, 0.15) is 31.4 Å². The van der Waals surface area contributed by atoms with Gasteiger partial charge in [0.05, 0.1) is 0 Å². The lowest BCUT2D eigenvalue weighted by Gasteiger charge is -2.37. The molecule has 4 heteroatoms. The predicted octanol–water partition coefficient (Wildman–Crippen LogP) is 1.62. The minimum absolute atomic E-state index is 0.0119. The summed E-state index contributed by atoms with van der Waals surface area (Å²) in [5.74, 6) is -0.0575. The zero-order valence-electron chi connectivity index (χ0n) is 11.6. The van der Waals surface area contributed by atoms with Gasteiger partial charge >= 0.3 is 0 Å². The second kappa shape index (κ2) is 5.43. The second-order valence-corrected chi connectivity index (χ2v) is 5.04. The van der Waals surface area contributed by atoms with Crippen molar-refractivity contribution in [3.05, 3.63) is 35.4 Å². The van der Waals surface area contributed by atoms with Gasteiger partial charge in [-0.05, 0) is 31.4 Å². The van der Waals surface area contributed by atoms with Gasteiger partial charge in [-0.15, -0.1) is 0 Å². The van der Waals surface area contributed by atoms with Crippen molar-refractivity contribution in [3.63, 3.8) is 0 Å². The number of nitrogens with zero attached hydrogens (tertiary/aromatic N) is 1. The van der Waals surface area contributed by atoms with Gasteiger partial charge in [-0.1, -0.05) is 31.2 Å². The van der Waals surface area contributed by atoms with Crippen LogP contribution in [0.4, 0.5) is 0 Å². The fourth-order valence-electron chi connectivity index (χ4n) is 2.35. The average Bonchev–Trinajstić information content (AvgIpc) is 2.41. The first-order chi connectivity index (χ1) is 9.04. The van der Waals surface area contributed by atoms with Crippen molar-refractivity contribution in [1.82, 2.24) is 10.2 Å². The zero-order valence-corrected chi connectivity index (χ0v) is 11.6. The van der Waals surface area contributed by atoms with E-state index in [9.17, 15) is 9.59 Å². The highest BCUT2D eigenvalue weighted by Crippen LogP contribution is 2.17. The smallest absolute Gasteiger partial charge is 0.246 e. The largest absolute Gasteiger partial charge is 0.343 e. The maximum Gasteiger partial charge on any atom is 0.246 e. The molecule has 2 amide bonds. The number of benzene rings is 1. The molecule has 102 valence electrons. The summed E-state index contributed by atoms with van der Waals surface area (Å²) in [5.41, 5.74) is 2.23. The number of nitrogens with one attached hydrogen (secondary N) is 1. The van der Waals surface area contributed by atoms with Gasteiger partial charge in [0.1, 0.15) is 12.1 Å². The Hall–Kier alpha value is -1.84. The molecule has 0 radical (unpaired) electrons. The Kier molecular flexibility index (Phi) is 3.88. The molecule has 2 atom stereocenters. The first-order valence-corrected chi connectivity index (χ1v) is 6.70. The molecule has 0 bridgehead atoms. The number of aryl methyl sites for hydroxylation is 1. The molecule has 2 rings (SSSR count). The third-order valence-electron chi connectivity index (χ3n) is 3.75. The van der Waals surface area contributed by atoms with E-state index in [1.54, 1.807) is 11.8 Å². The molecule has 1 aliphatic heterocycles. The topological polar surface area (TPSA) is 49.4 Å². The van der Waals surface area contributed by atoms with Crippen LogP contribution < -0.4 is 5.32 Å². The van der Waals surface area contributed by atoms with Crippen LogP contribution in [0.15, 0.2) is 24.3 Å². The molecule has 1 saturated heterocycles. The van der Waals surface area contributed by atoms with Crippen LogP contribution in [-0.4, -0.2) is 28.8 Å². The van der Waals surface area contributed by atoms with Gasteiger partial charge in [-0.3, -0.25) is 9.59 Å². The van der Waals surface area contributed by atoms with Crippen LogP contribution >= 0.6 is 0 Å². The molecule has 1 N–H and O–H groups in total. The lowest BCUT2D eigenvalue weighted by molar-refractivity contribution is -0.149. The number of amides is 2. The maximum atomic E-state index is 12.3. The van der Waals surface area contributed by atoms with E-state index in [-0.39, 0.29) is 17.9 Å².